The second-order valence-corrected chi connectivity index (χ2v) is 4.65. The van der Waals surface area contributed by atoms with Gasteiger partial charge in [-0.25, -0.2) is 0 Å². The topological polar surface area (TPSA) is 12.4 Å². The van der Waals surface area contributed by atoms with E-state index in [1.54, 1.807) is 0 Å². The van der Waals surface area contributed by atoms with E-state index in [1.807, 2.05) is 13.1 Å². The van der Waals surface area contributed by atoms with Gasteiger partial charge in [-0.3, -0.25) is 4.99 Å². The molecule has 1 rings (SSSR count). The number of rotatable bonds is 0. The largest absolute Gasteiger partial charge is 0.260 e. The van der Waals surface area contributed by atoms with E-state index in [2.05, 4.69) is 15.9 Å². The van der Waals surface area contributed by atoms with Gasteiger partial charge in [-0.15, -0.1) is 0 Å². The Balaban J connectivity index is 2.86. The van der Waals surface area contributed by atoms with Crippen molar-refractivity contribution in [2.75, 3.05) is 0 Å². The number of allylic oxidation sites excluding steroid dienone is 1. The van der Waals surface area contributed by atoms with Crippen LogP contribution >= 0.6 is 20.7 Å². The maximum absolute atomic E-state index is 4.14. The standard InChI is InChI=1S/C6H8IN/c1-5-4-8-6(2)3-7-5/h3-4H,1-2H3. The minimum Gasteiger partial charge on any atom is -0.260 e. The molecular weight excluding hydrogens is 213 g/mol. The number of halogens is 1. The molecule has 0 radical (unpaired) electrons. The Labute approximate surface area is 59.3 Å². The molecule has 0 unspecified atom stereocenters. The van der Waals surface area contributed by atoms with Gasteiger partial charge in [-0.1, -0.05) is 20.7 Å². The van der Waals surface area contributed by atoms with Crippen molar-refractivity contribution >= 4 is 30.5 Å². The molecule has 0 N–H and O–H groups in total. The summed E-state index contributed by atoms with van der Waals surface area (Å²) < 4.78 is 3.70. The lowest BCUT2D eigenvalue weighted by Gasteiger charge is -1.94. The lowest BCUT2D eigenvalue weighted by molar-refractivity contribution is 1.51. The van der Waals surface area contributed by atoms with Crippen molar-refractivity contribution < 1.29 is 0 Å². The van der Waals surface area contributed by atoms with Gasteiger partial charge in [0, 0.05) is 15.5 Å². The van der Waals surface area contributed by atoms with Crippen molar-refractivity contribution in [3.8, 4) is 0 Å². The lowest BCUT2D eigenvalue weighted by Crippen LogP contribution is -1.90. The van der Waals surface area contributed by atoms with Gasteiger partial charge in [0.1, 0.15) is 0 Å². The number of aliphatic imine (C=N–C) groups is 1. The Bertz CT molecular complexity index is 157. The summed E-state index contributed by atoms with van der Waals surface area (Å²) in [5.74, 6) is 0. The minimum absolute atomic E-state index is 0.217. The van der Waals surface area contributed by atoms with Gasteiger partial charge in [0.2, 0.25) is 0 Å². The first-order chi connectivity index (χ1) is 3.79. The average molecular weight is 221 g/mol. The molecule has 0 aliphatic carbocycles. The predicted octanol–water partition coefficient (Wildman–Crippen LogP) is 2.10. The van der Waals surface area contributed by atoms with Crippen molar-refractivity contribution in [1.29, 1.82) is 0 Å². The van der Waals surface area contributed by atoms with Crippen LogP contribution in [-0.2, 0) is 0 Å². The molecule has 0 aromatic rings. The van der Waals surface area contributed by atoms with E-state index in [0.717, 1.165) is 0 Å². The third-order valence-electron chi connectivity index (χ3n) is 0.831. The molecule has 0 atom stereocenters. The van der Waals surface area contributed by atoms with Gasteiger partial charge in [-0.2, -0.15) is 0 Å². The second-order valence-electron chi connectivity index (χ2n) is 1.70. The molecule has 0 spiro atoms. The Morgan fingerprint density at radius 1 is 1.50 bits per heavy atom. The van der Waals surface area contributed by atoms with E-state index in [4.69, 9.17) is 0 Å². The van der Waals surface area contributed by atoms with Gasteiger partial charge >= 0.3 is 0 Å². The number of hydrogen-bond donors (Lipinski definition) is 0. The van der Waals surface area contributed by atoms with Crippen LogP contribution in [-0.4, -0.2) is 9.72 Å². The van der Waals surface area contributed by atoms with E-state index in [1.165, 1.54) is 9.29 Å². The monoisotopic (exact) mass is 221 g/mol. The first-order valence-electron chi connectivity index (χ1n) is 2.47. The summed E-state index contributed by atoms with van der Waals surface area (Å²) >= 11 is 0.217. The van der Waals surface area contributed by atoms with E-state index < -0.39 is 0 Å². The number of nitrogens with zero attached hydrogens (tertiary/aromatic N) is 1. The highest BCUT2D eigenvalue weighted by atomic mass is 127. The zero-order valence-corrected chi connectivity index (χ0v) is 7.14. The van der Waals surface area contributed by atoms with Crippen LogP contribution in [0.1, 0.15) is 13.8 Å². The molecule has 1 aliphatic heterocycles. The molecule has 0 aromatic heterocycles. The third-order valence-corrected chi connectivity index (χ3v) is 3.30. The summed E-state index contributed by atoms with van der Waals surface area (Å²) in [6.07, 6.45) is 1.97. The highest BCUT2D eigenvalue weighted by Gasteiger charge is 1.88. The van der Waals surface area contributed by atoms with Gasteiger partial charge in [0.25, 0.3) is 0 Å². The van der Waals surface area contributed by atoms with E-state index in [9.17, 15) is 0 Å². The number of hydrogen-bond acceptors (Lipinski definition) is 1. The predicted molar refractivity (Wildman–Crippen MR) is 47.0 cm³/mol. The average Bonchev–Trinajstić information content (AvgIpc) is 1.77. The molecular formula is C6H8IN. The fraction of sp³-hybridized carbons (Fsp3) is 0.333. The normalized spacial score (nSPS) is 18.8. The molecule has 1 heterocycles. The Kier molecular flexibility index (Phi) is 1.94. The van der Waals surface area contributed by atoms with Crippen LogP contribution in [0.3, 0.4) is 0 Å². The molecule has 0 fully saturated rings. The minimum atomic E-state index is 0.217. The highest BCUT2D eigenvalue weighted by molar-refractivity contribution is 14.2. The summed E-state index contributed by atoms with van der Waals surface area (Å²) in [6.45, 7) is 4.18. The Hall–Kier alpha value is 0.01000. The Morgan fingerprint density at radius 3 is 2.62 bits per heavy atom. The molecule has 44 valence electrons. The van der Waals surface area contributed by atoms with E-state index in [0.29, 0.717) is 0 Å². The van der Waals surface area contributed by atoms with Crippen molar-refractivity contribution in [1.82, 2.24) is 0 Å². The van der Waals surface area contributed by atoms with Crippen molar-refractivity contribution in [3.05, 3.63) is 9.78 Å². The summed E-state index contributed by atoms with van der Waals surface area (Å²) in [5.41, 5.74) is 1.18. The lowest BCUT2D eigenvalue weighted by atomic mass is 10.5. The van der Waals surface area contributed by atoms with Crippen LogP contribution in [0.5, 0.6) is 0 Å². The van der Waals surface area contributed by atoms with Crippen LogP contribution in [0.15, 0.2) is 14.8 Å². The molecule has 0 saturated heterocycles. The molecule has 2 heteroatoms. The van der Waals surface area contributed by atoms with E-state index >= 15 is 0 Å². The molecule has 0 bridgehead atoms. The summed E-state index contributed by atoms with van der Waals surface area (Å²) in [7, 11) is 0. The summed E-state index contributed by atoms with van der Waals surface area (Å²) in [5, 5.41) is 0. The summed E-state index contributed by atoms with van der Waals surface area (Å²) in [4.78, 5) is 4.14. The smallest absolute Gasteiger partial charge is 0.0429 e. The van der Waals surface area contributed by atoms with Crippen LogP contribution in [0, 0.1) is 0 Å². The van der Waals surface area contributed by atoms with Crippen molar-refractivity contribution in [2.24, 2.45) is 4.99 Å². The maximum Gasteiger partial charge on any atom is 0.0429 e. The zero-order valence-electron chi connectivity index (χ0n) is 4.98. The van der Waals surface area contributed by atoms with Crippen LogP contribution in [0.25, 0.3) is 0 Å². The molecule has 0 saturated carbocycles. The van der Waals surface area contributed by atoms with Crippen LogP contribution < -0.4 is 0 Å². The molecule has 8 heavy (non-hydrogen) atoms. The molecule has 0 amide bonds. The van der Waals surface area contributed by atoms with Crippen LogP contribution in [0.2, 0.25) is 0 Å². The zero-order chi connectivity index (χ0) is 5.98. The maximum atomic E-state index is 4.14. The fourth-order valence-corrected chi connectivity index (χ4v) is 1.81. The molecule has 0 aromatic carbocycles. The molecule has 1 nitrogen and oxygen atoms in total. The van der Waals surface area contributed by atoms with Gasteiger partial charge in [-0.05, 0) is 17.9 Å². The highest BCUT2D eigenvalue weighted by Crippen LogP contribution is 2.14. The first kappa shape index (κ1) is 6.13. The summed E-state index contributed by atoms with van der Waals surface area (Å²) in [6, 6.07) is 0. The Morgan fingerprint density at radius 2 is 2.25 bits per heavy atom. The quantitative estimate of drug-likeness (QED) is 0.555. The molecule has 1 aliphatic rings. The van der Waals surface area contributed by atoms with E-state index in [-0.39, 0.29) is 20.7 Å². The SMILES string of the molecule is CC1=CN=C(C)C=I1. The third kappa shape index (κ3) is 1.51. The van der Waals surface area contributed by atoms with Crippen molar-refractivity contribution in [2.45, 2.75) is 13.8 Å². The van der Waals surface area contributed by atoms with Gasteiger partial charge < -0.3 is 0 Å². The second kappa shape index (κ2) is 2.53. The van der Waals surface area contributed by atoms with Gasteiger partial charge in [0.05, 0.1) is 0 Å². The fourth-order valence-electron chi connectivity index (χ4n) is 0.412. The van der Waals surface area contributed by atoms with Crippen molar-refractivity contribution in [3.63, 3.8) is 0 Å². The van der Waals surface area contributed by atoms with Gasteiger partial charge in [0.15, 0.2) is 0 Å². The van der Waals surface area contributed by atoms with Crippen LogP contribution in [0.4, 0.5) is 0 Å². The first-order valence-corrected chi connectivity index (χ1v) is 4.79.